The van der Waals surface area contributed by atoms with Crippen LogP contribution in [0.4, 0.5) is 0 Å². The van der Waals surface area contributed by atoms with Gasteiger partial charge in [0.2, 0.25) is 23.6 Å². The first kappa shape index (κ1) is 61.2. The lowest BCUT2D eigenvalue weighted by Gasteiger charge is -2.21. The molecule has 0 spiro atoms. The van der Waals surface area contributed by atoms with Crippen molar-refractivity contribution in [3.63, 3.8) is 0 Å². The molecule has 4 amide bonds. The fourth-order valence-electron chi connectivity index (χ4n) is 5.08. The Hall–Kier alpha value is -1.77. The van der Waals surface area contributed by atoms with E-state index >= 15 is 0 Å². The van der Waals surface area contributed by atoms with Crippen LogP contribution in [0.15, 0.2) is 24.5 Å². The highest BCUT2D eigenvalue weighted by Crippen LogP contribution is 2.45. The minimum Gasteiger partial charge on any atom is -0.412 e. The second-order valence-corrected chi connectivity index (χ2v) is 19.6. The number of unbranched alkanes of at least 4 members (excludes halogenated alkanes) is 8. The second kappa shape index (κ2) is 38.3. The van der Waals surface area contributed by atoms with E-state index < -0.39 is 41.4 Å². The van der Waals surface area contributed by atoms with Crippen molar-refractivity contribution < 1.29 is 74.7 Å². The lowest BCUT2D eigenvalue weighted by molar-refractivity contribution is -0.122. The first-order valence-corrected chi connectivity index (χ1v) is 27.2. The third kappa shape index (κ3) is 41.4. The number of phosphoric acid groups is 3. The zero-order valence-electron chi connectivity index (χ0n) is 36.6. The highest BCUT2D eigenvalue weighted by molar-refractivity contribution is 7.80. The lowest BCUT2D eigenvalue weighted by Crippen LogP contribution is -2.41. The quantitative estimate of drug-likeness (QED) is 0.0108. The van der Waals surface area contributed by atoms with Crippen LogP contribution < -0.4 is 21.3 Å². The van der Waals surface area contributed by atoms with E-state index in [1.54, 1.807) is 0 Å². The van der Waals surface area contributed by atoms with Gasteiger partial charge in [-0.1, -0.05) is 31.3 Å². The smallest absolute Gasteiger partial charge is 0.412 e. The molecule has 0 bridgehead atoms. The van der Waals surface area contributed by atoms with Gasteiger partial charge in [0.05, 0.1) is 32.7 Å². The third-order valence-electron chi connectivity index (χ3n) is 8.44. The molecular formula is C38H73N4O16P3S2. The summed E-state index contributed by atoms with van der Waals surface area (Å²) in [7, 11) is -13.2. The molecule has 0 aromatic carbocycles. The highest BCUT2D eigenvalue weighted by atomic mass is 32.1. The first-order valence-electron chi connectivity index (χ1n) is 21.4. The molecule has 368 valence electrons. The summed E-state index contributed by atoms with van der Waals surface area (Å²) in [6.07, 6.45) is 9.98. The van der Waals surface area contributed by atoms with Crippen LogP contribution in [0, 0.1) is 0 Å². The summed E-state index contributed by atoms with van der Waals surface area (Å²) in [4.78, 5) is 78.1. The fraction of sp³-hybridized carbons (Fsp3) is 0.789. The number of phosphoric ester groups is 3. The molecule has 0 heterocycles. The average molecular weight is 999 g/mol. The van der Waals surface area contributed by atoms with Gasteiger partial charge in [0.25, 0.3) is 0 Å². The summed E-state index contributed by atoms with van der Waals surface area (Å²) in [5.41, 5.74) is 0.914. The molecule has 0 saturated heterocycles. The molecule has 0 aliphatic carbocycles. The van der Waals surface area contributed by atoms with Crippen LogP contribution in [-0.2, 0) is 60.0 Å². The molecule has 0 aromatic rings. The lowest BCUT2D eigenvalue weighted by atomic mass is 10.2. The Labute approximate surface area is 384 Å². The van der Waals surface area contributed by atoms with Gasteiger partial charge in [-0.05, 0) is 88.7 Å². The van der Waals surface area contributed by atoms with Gasteiger partial charge >= 0.3 is 23.5 Å². The Morgan fingerprint density at radius 2 is 0.937 bits per heavy atom. The number of amides is 4. The molecule has 3 unspecified atom stereocenters. The molecule has 0 aliphatic heterocycles. The van der Waals surface area contributed by atoms with Crippen LogP contribution in [0.2, 0.25) is 0 Å². The Balaban J connectivity index is 4.61. The van der Waals surface area contributed by atoms with E-state index in [9.17, 15) is 47.6 Å². The van der Waals surface area contributed by atoms with E-state index in [4.69, 9.17) is 27.1 Å². The van der Waals surface area contributed by atoms with Crippen LogP contribution in [-0.4, -0.2) is 109 Å². The molecule has 0 rings (SSSR count). The highest BCUT2D eigenvalue weighted by Gasteiger charge is 2.28. The minimum absolute atomic E-state index is 0.0137. The van der Waals surface area contributed by atoms with Crippen molar-refractivity contribution in [3.05, 3.63) is 24.5 Å². The van der Waals surface area contributed by atoms with Crippen molar-refractivity contribution in [2.75, 3.05) is 64.1 Å². The molecule has 20 nitrogen and oxygen atoms in total. The number of carbonyl (C=O) groups excluding carboxylic acids is 4. The van der Waals surface area contributed by atoms with Crippen molar-refractivity contribution >= 4 is 72.4 Å². The van der Waals surface area contributed by atoms with E-state index in [0.717, 1.165) is 50.4 Å². The number of hydrogen-bond acceptors (Lipinski definition) is 15. The van der Waals surface area contributed by atoms with Crippen LogP contribution in [0.3, 0.4) is 0 Å². The average Bonchev–Trinajstić information content (AvgIpc) is 3.20. The Bertz CT molecular complexity index is 1400. The standard InChI is InChI=1S/C38H73N4O16P3S2/c1-33(2)17-7-14-28-57-61(51,52)58-34(31-41-35(43)18-8-15-26-55-59(47,48)53-24-12-5-3-10-22-39-37(45)20-29-62)32-42-36(44)19-9-16-27-56-60(49,50)54-25-13-6-4-11-23-40-38(46)21-30-63/h14,28,34,62-63H,1,3-13,15-27,29-32H2,2H3,(H,39,45)(H,40,46)(H,41,43)(H,42,44)(H,47,48)(H,49,50)(H,51,52)/b28-14+. The first-order chi connectivity index (χ1) is 29.9. The summed E-state index contributed by atoms with van der Waals surface area (Å²) < 4.78 is 67.1. The summed E-state index contributed by atoms with van der Waals surface area (Å²) >= 11 is 8.02. The number of allylic oxidation sites excluding steroid dienone is 2. The van der Waals surface area contributed by atoms with Crippen molar-refractivity contribution in [1.82, 2.24) is 21.3 Å². The van der Waals surface area contributed by atoms with Crippen LogP contribution in [0.25, 0.3) is 0 Å². The van der Waals surface area contributed by atoms with Gasteiger partial charge in [-0.2, -0.15) is 25.3 Å². The summed E-state index contributed by atoms with van der Waals surface area (Å²) in [5, 5.41) is 10.7. The van der Waals surface area contributed by atoms with Crippen LogP contribution in [0.1, 0.15) is 122 Å². The van der Waals surface area contributed by atoms with E-state index in [0.29, 0.717) is 63.1 Å². The third-order valence-corrected chi connectivity index (χ3v) is 11.9. The molecule has 25 heteroatoms. The molecule has 0 saturated carbocycles. The normalized spacial score (nSPS) is 14.8. The summed E-state index contributed by atoms with van der Waals surface area (Å²) in [6.45, 7) is 5.94. The van der Waals surface area contributed by atoms with Gasteiger partial charge in [0.1, 0.15) is 6.10 Å². The number of nitrogens with one attached hydrogen (secondary N) is 4. The van der Waals surface area contributed by atoms with Crippen molar-refractivity contribution in [1.29, 1.82) is 0 Å². The summed E-state index contributed by atoms with van der Waals surface area (Å²) in [6, 6.07) is 0. The predicted octanol–water partition coefficient (Wildman–Crippen LogP) is 6.19. The fourth-order valence-corrected chi connectivity index (χ4v) is 7.89. The molecule has 0 fully saturated rings. The predicted molar refractivity (Wildman–Crippen MR) is 246 cm³/mol. The van der Waals surface area contributed by atoms with E-state index in [2.05, 4.69) is 53.1 Å². The van der Waals surface area contributed by atoms with Gasteiger partial charge in [-0.15, -0.1) is 6.58 Å². The number of hydrogen-bond donors (Lipinski definition) is 9. The minimum atomic E-state index is -4.67. The molecule has 0 aliphatic rings. The maximum Gasteiger partial charge on any atom is 0.527 e. The molecule has 0 aromatic heterocycles. The van der Waals surface area contributed by atoms with Crippen molar-refractivity contribution in [2.24, 2.45) is 0 Å². The van der Waals surface area contributed by atoms with Gasteiger partial charge < -0.3 is 35.6 Å². The monoisotopic (exact) mass is 998 g/mol. The molecule has 7 N–H and O–H groups in total. The van der Waals surface area contributed by atoms with E-state index in [1.165, 1.54) is 6.08 Å². The van der Waals surface area contributed by atoms with Crippen molar-refractivity contribution in [3.8, 4) is 0 Å². The number of rotatable bonds is 43. The van der Waals surface area contributed by atoms with Crippen molar-refractivity contribution in [2.45, 2.75) is 129 Å². The van der Waals surface area contributed by atoms with Gasteiger partial charge in [0, 0.05) is 51.9 Å². The van der Waals surface area contributed by atoms with Gasteiger partial charge in [-0.25, -0.2) is 13.7 Å². The zero-order chi connectivity index (χ0) is 47.2. The maximum absolute atomic E-state index is 12.7. The summed E-state index contributed by atoms with van der Waals surface area (Å²) in [5.74, 6) is -0.0437. The molecule has 3 atom stereocenters. The van der Waals surface area contributed by atoms with Gasteiger partial charge in [-0.3, -0.25) is 46.7 Å². The largest absolute Gasteiger partial charge is 0.527 e. The maximum atomic E-state index is 12.7. The number of carbonyl (C=O) groups is 4. The molecule has 0 radical (unpaired) electrons. The van der Waals surface area contributed by atoms with E-state index in [1.807, 2.05) is 6.92 Å². The zero-order valence-corrected chi connectivity index (χ0v) is 41.1. The van der Waals surface area contributed by atoms with E-state index in [-0.39, 0.29) is 89.9 Å². The van der Waals surface area contributed by atoms with Crippen LogP contribution in [0.5, 0.6) is 0 Å². The SMILES string of the molecule is C=C(C)CC/C=C/OP(=O)(O)OC(CNC(=O)CCCCOP(=O)(O)OCCCCCCNC(=O)CCS)CNC(=O)CCCCOP(=O)(O)OCCCCCCNC(=O)CCS. The molecule has 63 heavy (non-hydrogen) atoms. The van der Waals surface area contributed by atoms with Gasteiger partial charge in [0.15, 0.2) is 0 Å². The molecular weight excluding hydrogens is 925 g/mol. The Morgan fingerprint density at radius 1 is 0.556 bits per heavy atom. The number of thiol groups is 2. The second-order valence-electron chi connectivity index (χ2n) is 14.4. The van der Waals surface area contributed by atoms with Crippen LogP contribution >= 0.6 is 48.7 Å². The topological polar surface area (TPSA) is 284 Å². The Morgan fingerprint density at radius 3 is 1.33 bits per heavy atom. The Kier molecular flexibility index (Phi) is 37.3.